The predicted octanol–water partition coefficient (Wildman–Crippen LogP) is 3.02. The van der Waals surface area contributed by atoms with E-state index in [0.29, 0.717) is 11.8 Å². The predicted molar refractivity (Wildman–Crippen MR) is 94.0 cm³/mol. The lowest BCUT2D eigenvalue weighted by molar-refractivity contribution is -0.577. The van der Waals surface area contributed by atoms with Crippen LogP contribution in [0.4, 0.5) is 0 Å². The number of methoxy groups -OCH3 is 1. The second kappa shape index (κ2) is 6.95. The molecule has 0 aromatic rings. The van der Waals surface area contributed by atoms with Gasteiger partial charge in [0.1, 0.15) is 0 Å². The largest absolute Gasteiger partial charge is 0.469 e. The smallest absolute Gasteiger partial charge is 0.310 e. The third-order valence-electron chi connectivity index (χ3n) is 7.21. The molecule has 2 bridgehead atoms. The fourth-order valence-electron chi connectivity index (χ4n) is 5.57. The van der Waals surface area contributed by atoms with Gasteiger partial charge in [0.2, 0.25) is 5.79 Å². The van der Waals surface area contributed by atoms with Crippen LogP contribution in [0.5, 0.6) is 0 Å². The van der Waals surface area contributed by atoms with E-state index in [4.69, 9.17) is 28.7 Å². The molecule has 5 aliphatic rings. The van der Waals surface area contributed by atoms with Crippen molar-refractivity contribution in [1.82, 2.24) is 0 Å². The van der Waals surface area contributed by atoms with Crippen LogP contribution in [-0.4, -0.2) is 43.7 Å². The van der Waals surface area contributed by atoms with Gasteiger partial charge in [-0.2, -0.15) is 0 Å². The first-order chi connectivity index (χ1) is 12.8. The Hall–Kier alpha value is -0.730. The lowest BCUT2D eigenvalue weighted by Crippen LogP contribution is -2.70. The average molecular weight is 384 g/mol. The second-order valence-electron chi connectivity index (χ2n) is 9.03. The van der Waals surface area contributed by atoms with E-state index in [9.17, 15) is 4.79 Å². The molecule has 0 N–H and O–H groups in total. The number of hydrogen-bond donors (Lipinski definition) is 0. The standard InChI is InChI=1S/C20H32O7/c1-11-6-7-15-13(3)17(23-10-12(2)16(21)22-5)24-18-20(15)14(11)8-9-19(4,25-18)26-27-20/h11-15,17-18H,6-10H2,1-5H3/t11-,12-,13-,14+,15+,17+,18-,19+,20-/m1/s1. The van der Waals surface area contributed by atoms with Gasteiger partial charge in [-0.15, -0.1) is 0 Å². The van der Waals surface area contributed by atoms with Crippen LogP contribution in [0.1, 0.15) is 53.4 Å². The summed E-state index contributed by atoms with van der Waals surface area (Å²) in [6.45, 7) is 8.39. The molecule has 7 heteroatoms. The number of hydrogen-bond acceptors (Lipinski definition) is 7. The summed E-state index contributed by atoms with van der Waals surface area (Å²) in [7, 11) is 1.39. The van der Waals surface area contributed by atoms with Gasteiger partial charge in [0.05, 0.1) is 19.6 Å². The van der Waals surface area contributed by atoms with Crippen molar-refractivity contribution in [3.8, 4) is 0 Å². The summed E-state index contributed by atoms with van der Waals surface area (Å²) in [5, 5.41) is 0. The maximum absolute atomic E-state index is 11.7. The van der Waals surface area contributed by atoms with Gasteiger partial charge in [0, 0.05) is 18.3 Å². The van der Waals surface area contributed by atoms with E-state index in [0.717, 1.165) is 25.7 Å². The molecule has 4 aliphatic heterocycles. The van der Waals surface area contributed by atoms with Crippen LogP contribution in [0.2, 0.25) is 0 Å². The van der Waals surface area contributed by atoms with E-state index in [2.05, 4.69) is 13.8 Å². The molecule has 1 spiro atoms. The Morgan fingerprint density at radius 2 is 1.96 bits per heavy atom. The van der Waals surface area contributed by atoms with Crippen molar-refractivity contribution < 1.29 is 33.5 Å². The zero-order chi connectivity index (χ0) is 19.4. The molecule has 0 radical (unpaired) electrons. The van der Waals surface area contributed by atoms with Gasteiger partial charge in [-0.25, -0.2) is 9.78 Å². The molecule has 154 valence electrons. The molecule has 0 aromatic carbocycles. The number of fused-ring (bicyclic) bond motifs is 2. The van der Waals surface area contributed by atoms with Crippen molar-refractivity contribution in [2.45, 2.75) is 77.3 Å². The first kappa shape index (κ1) is 19.6. The van der Waals surface area contributed by atoms with Crippen molar-refractivity contribution in [1.29, 1.82) is 0 Å². The molecular weight excluding hydrogens is 352 g/mol. The first-order valence-electron chi connectivity index (χ1n) is 10.2. The second-order valence-corrected chi connectivity index (χ2v) is 9.03. The number of esters is 1. The molecule has 0 unspecified atom stereocenters. The van der Waals surface area contributed by atoms with E-state index in [1.54, 1.807) is 6.92 Å². The Balaban J connectivity index is 1.57. The van der Waals surface area contributed by atoms with E-state index in [-0.39, 0.29) is 30.3 Å². The highest BCUT2D eigenvalue weighted by atomic mass is 17.3. The molecule has 1 saturated carbocycles. The summed E-state index contributed by atoms with van der Waals surface area (Å²) in [5.74, 6) is -0.219. The van der Waals surface area contributed by atoms with Crippen LogP contribution in [0.25, 0.3) is 0 Å². The van der Waals surface area contributed by atoms with Gasteiger partial charge in [-0.1, -0.05) is 13.8 Å². The first-order valence-corrected chi connectivity index (χ1v) is 10.2. The lowest BCUT2D eigenvalue weighted by Gasteiger charge is -2.60. The minimum atomic E-state index is -0.790. The van der Waals surface area contributed by atoms with E-state index in [1.165, 1.54) is 7.11 Å². The molecule has 27 heavy (non-hydrogen) atoms. The fourth-order valence-corrected chi connectivity index (χ4v) is 5.57. The number of ether oxygens (including phenoxy) is 4. The zero-order valence-electron chi connectivity index (χ0n) is 16.9. The molecule has 5 rings (SSSR count). The maximum Gasteiger partial charge on any atom is 0.310 e. The van der Waals surface area contributed by atoms with Crippen LogP contribution in [-0.2, 0) is 33.5 Å². The van der Waals surface area contributed by atoms with Crippen molar-refractivity contribution in [3.63, 3.8) is 0 Å². The third kappa shape index (κ3) is 3.02. The molecule has 7 nitrogen and oxygen atoms in total. The summed E-state index contributed by atoms with van der Waals surface area (Å²) >= 11 is 0. The van der Waals surface area contributed by atoms with Crippen LogP contribution in [0, 0.1) is 29.6 Å². The maximum atomic E-state index is 11.7. The average Bonchev–Trinajstić information content (AvgIpc) is 2.88. The minimum absolute atomic E-state index is 0.107. The molecule has 9 atom stereocenters. The Kier molecular flexibility index (Phi) is 5.04. The SMILES string of the molecule is COC(=O)[C@H](C)CO[C@H]1O[C@@H]2O[C@]3(C)CC[C@H]4[C@H](C)CC[C@@H]([C@H]1C)[C@@]24OO3. The lowest BCUT2D eigenvalue weighted by atomic mass is 9.58. The quantitative estimate of drug-likeness (QED) is 0.545. The third-order valence-corrected chi connectivity index (χ3v) is 7.21. The van der Waals surface area contributed by atoms with E-state index < -0.39 is 24.0 Å². The van der Waals surface area contributed by atoms with Crippen LogP contribution in [0.3, 0.4) is 0 Å². The summed E-state index contributed by atoms with van der Waals surface area (Å²) in [6, 6.07) is 0. The molecular formula is C20H32O7. The zero-order valence-corrected chi connectivity index (χ0v) is 16.9. The molecule has 0 amide bonds. The van der Waals surface area contributed by atoms with Crippen molar-refractivity contribution in [3.05, 3.63) is 0 Å². The van der Waals surface area contributed by atoms with Crippen molar-refractivity contribution >= 4 is 5.97 Å². The van der Waals surface area contributed by atoms with Gasteiger partial charge in [-0.3, -0.25) is 4.79 Å². The van der Waals surface area contributed by atoms with Crippen LogP contribution < -0.4 is 0 Å². The van der Waals surface area contributed by atoms with Crippen molar-refractivity contribution in [2.24, 2.45) is 29.6 Å². The summed E-state index contributed by atoms with van der Waals surface area (Å²) in [5.41, 5.74) is -0.582. The highest BCUT2D eigenvalue weighted by Gasteiger charge is 2.69. The molecule has 4 saturated heterocycles. The Morgan fingerprint density at radius 1 is 1.19 bits per heavy atom. The van der Waals surface area contributed by atoms with Gasteiger partial charge < -0.3 is 18.9 Å². The Morgan fingerprint density at radius 3 is 2.70 bits per heavy atom. The molecule has 0 aromatic heterocycles. The monoisotopic (exact) mass is 384 g/mol. The Labute approximate surface area is 160 Å². The highest BCUT2D eigenvalue weighted by molar-refractivity contribution is 5.71. The Bertz CT molecular complexity index is 583. The van der Waals surface area contributed by atoms with E-state index >= 15 is 0 Å². The fraction of sp³-hybridized carbons (Fsp3) is 0.950. The number of rotatable bonds is 4. The topological polar surface area (TPSA) is 72.5 Å². The molecule has 5 fully saturated rings. The minimum Gasteiger partial charge on any atom is -0.469 e. The summed E-state index contributed by atoms with van der Waals surface area (Å²) in [6.07, 6.45) is 3.00. The van der Waals surface area contributed by atoms with Gasteiger partial charge in [0.15, 0.2) is 18.2 Å². The van der Waals surface area contributed by atoms with Crippen molar-refractivity contribution in [2.75, 3.05) is 13.7 Å². The number of carbonyl (C=O) groups is 1. The van der Waals surface area contributed by atoms with Crippen LogP contribution in [0.15, 0.2) is 0 Å². The van der Waals surface area contributed by atoms with E-state index in [1.807, 2.05) is 6.92 Å². The molecule has 1 aliphatic carbocycles. The normalized spacial score (nSPS) is 49.8. The summed E-state index contributed by atoms with van der Waals surface area (Å²) in [4.78, 5) is 23.6. The van der Waals surface area contributed by atoms with Gasteiger partial charge in [-0.05, 0) is 44.9 Å². The number of carbonyl (C=O) groups excluding carboxylic acids is 1. The van der Waals surface area contributed by atoms with Crippen LogP contribution >= 0.6 is 0 Å². The highest BCUT2D eigenvalue weighted by Crippen LogP contribution is 2.60. The van der Waals surface area contributed by atoms with Gasteiger partial charge in [0.25, 0.3) is 0 Å². The molecule has 4 heterocycles. The van der Waals surface area contributed by atoms with Gasteiger partial charge >= 0.3 is 5.97 Å². The summed E-state index contributed by atoms with van der Waals surface area (Å²) < 4.78 is 23.4.